The van der Waals surface area contributed by atoms with Crippen LogP contribution in [-0.4, -0.2) is 52.9 Å². The molecule has 0 spiro atoms. The molecule has 1 aromatic heterocycles. The lowest BCUT2D eigenvalue weighted by atomic mass is 9.97. The van der Waals surface area contributed by atoms with Crippen LogP contribution in [0.15, 0.2) is 12.1 Å². The van der Waals surface area contributed by atoms with Crippen molar-refractivity contribution in [2.45, 2.75) is 53.0 Å². The number of aromatic amines is 1. The highest BCUT2D eigenvalue weighted by atomic mass is 16.2. The number of piperidine rings is 1. The van der Waals surface area contributed by atoms with Gasteiger partial charge in [0.15, 0.2) is 0 Å². The van der Waals surface area contributed by atoms with Crippen molar-refractivity contribution in [3.05, 3.63) is 34.5 Å². The van der Waals surface area contributed by atoms with Crippen LogP contribution in [0.25, 0.3) is 10.9 Å². The summed E-state index contributed by atoms with van der Waals surface area (Å²) < 4.78 is 0. The number of nitrogens with one attached hydrogen (secondary N) is 2. The van der Waals surface area contributed by atoms with Gasteiger partial charge in [-0.15, -0.1) is 0 Å². The van der Waals surface area contributed by atoms with E-state index in [9.17, 15) is 9.59 Å². The molecule has 2 saturated heterocycles. The predicted molar refractivity (Wildman–Crippen MR) is 115 cm³/mol. The Balaban J connectivity index is 1.41. The Morgan fingerprint density at radius 1 is 1.07 bits per heavy atom. The Morgan fingerprint density at radius 2 is 1.79 bits per heavy atom. The maximum atomic E-state index is 12.9. The van der Waals surface area contributed by atoms with E-state index in [0.717, 1.165) is 56.4 Å². The number of likely N-dealkylation sites (tertiary alicyclic amines) is 2. The number of hydrogen-bond donors (Lipinski definition) is 2. The van der Waals surface area contributed by atoms with E-state index in [-0.39, 0.29) is 17.9 Å². The minimum Gasteiger partial charge on any atom is -0.358 e. The summed E-state index contributed by atoms with van der Waals surface area (Å²) in [6.45, 7) is 9.81. The number of benzene rings is 1. The van der Waals surface area contributed by atoms with Crippen LogP contribution >= 0.6 is 0 Å². The average Bonchev–Trinajstić information content (AvgIpc) is 3.35. The molecule has 2 aliphatic heterocycles. The number of urea groups is 1. The van der Waals surface area contributed by atoms with Gasteiger partial charge in [-0.05, 0) is 63.6 Å². The summed E-state index contributed by atoms with van der Waals surface area (Å²) in [5, 5.41) is 4.36. The van der Waals surface area contributed by atoms with Crippen LogP contribution in [0.2, 0.25) is 0 Å². The van der Waals surface area contributed by atoms with Crippen LogP contribution in [0.5, 0.6) is 0 Å². The minimum atomic E-state index is -0.122. The molecule has 6 nitrogen and oxygen atoms in total. The second kappa shape index (κ2) is 8.09. The van der Waals surface area contributed by atoms with Gasteiger partial charge in [0.25, 0.3) is 0 Å². The molecule has 1 aromatic carbocycles. The van der Waals surface area contributed by atoms with Crippen molar-refractivity contribution in [3.8, 4) is 0 Å². The normalized spacial score (nSPS) is 19.8. The number of carbonyl (C=O) groups excluding carboxylic acids is 2. The molecule has 2 fully saturated rings. The molecule has 3 heterocycles. The molecule has 0 saturated carbocycles. The summed E-state index contributed by atoms with van der Waals surface area (Å²) >= 11 is 0. The third kappa shape index (κ3) is 3.98. The van der Waals surface area contributed by atoms with Gasteiger partial charge in [-0.1, -0.05) is 11.6 Å². The van der Waals surface area contributed by atoms with E-state index in [4.69, 9.17) is 0 Å². The van der Waals surface area contributed by atoms with Gasteiger partial charge in [-0.3, -0.25) is 4.79 Å². The molecule has 2 N–H and O–H groups in total. The molecule has 0 bridgehead atoms. The standard InChI is InChI=1S/C23H32N4O2/c1-15-11-19(21-20(12-15)16(2)17(3)25-21)13-24-22(28)18-7-6-10-27(14-18)23(29)26-8-4-5-9-26/h11-12,18,25H,4-10,13-14H2,1-3H3,(H,24,28)/t18-/m0/s1. The summed E-state index contributed by atoms with van der Waals surface area (Å²) in [7, 11) is 0. The minimum absolute atomic E-state index is 0.0542. The molecule has 0 radical (unpaired) electrons. The van der Waals surface area contributed by atoms with E-state index in [1.165, 1.54) is 22.2 Å². The molecule has 0 aliphatic carbocycles. The van der Waals surface area contributed by atoms with Crippen LogP contribution in [0.4, 0.5) is 4.79 Å². The van der Waals surface area contributed by atoms with Gasteiger partial charge in [0.05, 0.1) is 11.4 Å². The maximum Gasteiger partial charge on any atom is 0.320 e. The SMILES string of the molecule is Cc1cc(CNC(=O)[C@H]2CCCN(C(=O)N3CCCC3)C2)c2[nH]c(C)c(C)c2c1. The summed E-state index contributed by atoms with van der Waals surface area (Å²) in [4.78, 5) is 32.8. The van der Waals surface area contributed by atoms with Gasteiger partial charge in [0, 0.05) is 43.8 Å². The molecule has 156 valence electrons. The zero-order valence-electron chi connectivity index (χ0n) is 17.8. The predicted octanol–water partition coefficient (Wildman–Crippen LogP) is 3.64. The number of hydrogen-bond acceptors (Lipinski definition) is 2. The molecule has 3 amide bonds. The Bertz CT molecular complexity index is 927. The molecule has 4 rings (SSSR count). The number of rotatable bonds is 3. The average molecular weight is 397 g/mol. The second-order valence-corrected chi connectivity index (χ2v) is 8.70. The van der Waals surface area contributed by atoms with E-state index < -0.39 is 0 Å². The number of aromatic nitrogens is 1. The summed E-state index contributed by atoms with van der Waals surface area (Å²) in [5.41, 5.74) is 5.86. The van der Waals surface area contributed by atoms with Crippen molar-refractivity contribution in [1.29, 1.82) is 0 Å². The first-order valence-corrected chi connectivity index (χ1v) is 10.8. The number of carbonyl (C=O) groups is 2. The highest BCUT2D eigenvalue weighted by Gasteiger charge is 2.31. The van der Waals surface area contributed by atoms with Gasteiger partial charge >= 0.3 is 6.03 Å². The van der Waals surface area contributed by atoms with Crippen molar-refractivity contribution in [2.75, 3.05) is 26.2 Å². The monoisotopic (exact) mass is 396 g/mol. The maximum absolute atomic E-state index is 12.9. The molecule has 1 atom stereocenters. The van der Waals surface area contributed by atoms with Crippen molar-refractivity contribution in [1.82, 2.24) is 20.1 Å². The topological polar surface area (TPSA) is 68.4 Å². The van der Waals surface area contributed by atoms with E-state index in [1.807, 2.05) is 9.80 Å². The van der Waals surface area contributed by atoms with Crippen LogP contribution < -0.4 is 5.32 Å². The third-order valence-electron chi connectivity index (χ3n) is 6.54. The van der Waals surface area contributed by atoms with Crippen LogP contribution in [0.1, 0.15) is 48.1 Å². The van der Waals surface area contributed by atoms with Crippen LogP contribution in [0, 0.1) is 26.7 Å². The zero-order valence-corrected chi connectivity index (χ0v) is 17.8. The van der Waals surface area contributed by atoms with Gasteiger partial charge in [0.2, 0.25) is 5.91 Å². The fourth-order valence-electron chi connectivity index (χ4n) is 4.73. The fraction of sp³-hybridized carbons (Fsp3) is 0.565. The van der Waals surface area contributed by atoms with Gasteiger partial charge in [-0.25, -0.2) is 4.79 Å². The Labute approximate surface area is 172 Å². The lowest BCUT2D eigenvalue weighted by molar-refractivity contribution is -0.126. The Hall–Kier alpha value is -2.50. The lowest BCUT2D eigenvalue weighted by Crippen LogP contribution is -2.49. The lowest BCUT2D eigenvalue weighted by Gasteiger charge is -2.34. The van der Waals surface area contributed by atoms with Gasteiger partial charge in [0.1, 0.15) is 0 Å². The molecule has 29 heavy (non-hydrogen) atoms. The number of fused-ring (bicyclic) bond motifs is 1. The Kier molecular flexibility index (Phi) is 5.52. The van der Waals surface area contributed by atoms with Crippen molar-refractivity contribution in [3.63, 3.8) is 0 Å². The molecule has 2 aliphatic rings. The Morgan fingerprint density at radius 3 is 2.55 bits per heavy atom. The first kappa shape index (κ1) is 19.8. The number of amides is 3. The summed E-state index contributed by atoms with van der Waals surface area (Å²) in [6, 6.07) is 4.45. The summed E-state index contributed by atoms with van der Waals surface area (Å²) in [6.07, 6.45) is 3.92. The van der Waals surface area contributed by atoms with E-state index >= 15 is 0 Å². The van der Waals surface area contributed by atoms with Crippen molar-refractivity contribution in [2.24, 2.45) is 5.92 Å². The van der Waals surface area contributed by atoms with E-state index in [1.54, 1.807) is 0 Å². The zero-order chi connectivity index (χ0) is 20.5. The van der Waals surface area contributed by atoms with Crippen LogP contribution in [-0.2, 0) is 11.3 Å². The highest BCUT2D eigenvalue weighted by Crippen LogP contribution is 2.26. The molecule has 0 unspecified atom stereocenters. The quantitative estimate of drug-likeness (QED) is 0.832. The van der Waals surface area contributed by atoms with Gasteiger partial charge in [-0.2, -0.15) is 0 Å². The molecule has 6 heteroatoms. The van der Waals surface area contributed by atoms with Gasteiger partial charge < -0.3 is 20.1 Å². The van der Waals surface area contributed by atoms with Crippen molar-refractivity contribution < 1.29 is 9.59 Å². The van der Waals surface area contributed by atoms with Crippen LogP contribution in [0.3, 0.4) is 0 Å². The highest BCUT2D eigenvalue weighted by molar-refractivity contribution is 5.88. The summed E-state index contributed by atoms with van der Waals surface area (Å²) in [5.74, 6) is -0.0682. The first-order valence-electron chi connectivity index (χ1n) is 10.8. The molecular formula is C23H32N4O2. The second-order valence-electron chi connectivity index (χ2n) is 8.70. The number of aryl methyl sites for hydroxylation is 3. The van der Waals surface area contributed by atoms with E-state index in [0.29, 0.717) is 13.1 Å². The first-order chi connectivity index (χ1) is 13.9. The number of nitrogens with zero attached hydrogens (tertiary/aromatic N) is 2. The molecule has 2 aromatic rings. The third-order valence-corrected chi connectivity index (χ3v) is 6.54. The van der Waals surface area contributed by atoms with Crippen molar-refractivity contribution >= 4 is 22.8 Å². The smallest absolute Gasteiger partial charge is 0.320 e. The molecular weight excluding hydrogens is 364 g/mol. The fourth-order valence-corrected chi connectivity index (χ4v) is 4.73. The largest absolute Gasteiger partial charge is 0.358 e. The number of H-pyrrole nitrogens is 1. The van der Waals surface area contributed by atoms with E-state index in [2.05, 4.69) is 43.2 Å².